The topological polar surface area (TPSA) is 111 Å². The lowest BCUT2D eigenvalue weighted by Crippen LogP contribution is -2.48. The number of fused-ring (bicyclic) bond motifs is 2. The van der Waals surface area contributed by atoms with Crippen LogP contribution in [-0.4, -0.2) is 78.7 Å². The second-order valence-corrected chi connectivity index (χ2v) is 7.70. The Morgan fingerprint density at radius 2 is 1.97 bits per heavy atom. The van der Waals surface area contributed by atoms with Crippen molar-refractivity contribution in [3.63, 3.8) is 0 Å². The van der Waals surface area contributed by atoms with Crippen LogP contribution in [0.1, 0.15) is 0 Å². The number of ether oxygens (including phenoxy) is 1. The summed E-state index contributed by atoms with van der Waals surface area (Å²) >= 11 is 0. The van der Waals surface area contributed by atoms with E-state index < -0.39 is 6.17 Å². The Hall–Kier alpha value is -3.31. The van der Waals surface area contributed by atoms with E-state index in [2.05, 4.69) is 30.4 Å². The summed E-state index contributed by atoms with van der Waals surface area (Å²) in [7, 11) is 0. The Morgan fingerprint density at radius 3 is 2.80 bits per heavy atom. The highest BCUT2D eigenvalue weighted by Crippen LogP contribution is 2.28. The van der Waals surface area contributed by atoms with Crippen molar-refractivity contribution >= 4 is 22.9 Å². The summed E-state index contributed by atoms with van der Waals surface area (Å²) in [6.45, 7) is 2.31. The lowest BCUT2D eigenvalue weighted by atomic mass is 10.2. The van der Waals surface area contributed by atoms with Crippen molar-refractivity contribution in [2.24, 2.45) is 0 Å². The summed E-state index contributed by atoms with van der Waals surface area (Å²) in [6, 6.07) is 5.51. The van der Waals surface area contributed by atoms with E-state index in [1.165, 1.54) is 0 Å². The van der Waals surface area contributed by atoms with Gasteiger partial charge in [0.25, 0.3) is 0 Å². The molecule has 0 unspecified atom stereocenters. The molecule has 6 rings (SSSR count). The summed E-state index contributed by atoms with van der Waals surface area (Å²) in [6.07, 6.45) is 4.34. The van der Waals surface area contributed by atoms with Crippen LogP contribution in [0.15, 0.2) is 36.8 Å². The van der Waals surface area contributed by atoms with Gasteiger partial charge < -0.3 is 15.8 Å². The summed E-state index contributed by atoms with van der Waals surface area (Å²) in [5, 5.41) is 11.8. The molecule has 154 valence electrons. The summed E-state index contributed by atoms with van der Waals surface area (Å²) < 4.78 is 23.1. The summed E-state index contributed by atoms with van der Waals surface area (Å²) in [5.41, 5.74) is 9.24. The Labute approximate surface area is 170 Å². The molecule has 0 bridgehead atoms. The molecule has 2 aliphatic rings. The van der Waals surface area contributed by atoms with Gasteiger partial charge in [-0.15, -0.1) is 5.10 Å². The fourth-order valence-electron chi connectivity index (χ4n) is 4.11. The van der Waals surface area contributed by atoms with Crippen molar-refractivity contribution in [2.75, 3.05) is 37.4 Å². The standard InChI is InChI=1S/C19H20FN9O/c20-13-7-27(11-9-30-10-11)8-15(13)24-19-25-18(21)17-12(2-5-29(17)26-19)14-3-6-28-16(23-14)1-4-22-28/h1-6,11,13,15H,7-10H2,(H3,21,24,25,26)/t13-,15+/m0/s1. The quantitative estimate of drug-likeness (QED) is 0.511. The maximum absolute atomic E-state index is 14.5. The van der Waals surface area contributed by atoms with Gasteiger partial charge in [-0.2, -0.15) is 10.1 Å². The third-order valence-electron chi connectivity index (χ3n) is 5.80. The smallest absolute Gasteiger partial charge is 0.243 e. The van der Waals surface area contributed by atoms with Gasteiger partial charge >= 0.3 is 0 Å². The SMILES string of the molecule is Nc1nc(N[C@@H]2CN(C3COC3)C[C@@H]2F)nn2ccc(-c3ccn4nccc4n3)c12. The maximum Gasteiger partial charge on any atom is 0.243 e. The highest BCUT2D eigenvalue weighted by Gasteiger charge is 2.39. The number of nitrogen functional groups attached to an aromatic ring is 1. The molecule has 0 radical (unpaired) electrons. The first-order valence-corrected chi connectivity index (χ1v) is 9.84. The number of nitrogens with two attached hydrogens (primary N) is 1. The minimum atomic E-state index is -1.00. The molecule has 0 saturated carbocycles. The zero-order valence-electron chi connectivity index (χ0n) is 16.0. The van der Waals surface area contributed by atoms with E-state index in [1.54, 1.807) is 21.4 Å². The van der Waals surface area contributed by atoms with E-state index in [0.29, 0.717) is 49.6 Å². The molecule has 4 aromatic rings. The van der Waals surface area contributed by atoms with Gasteiger partial charge in [-0.3, -0.25) is 4.90 Å². The van der Waals surface area contributed by atoms with Crippen LogP contribution in [0.3, 0.4) is 0 Å². The van der Waals surface area contributed by atoms with E-state index in [9.17, 15) is 4.39 Å². The monoisotopic (exact) mass is 409 g/mol. The van der Waals surface area contributed by atoms with Crippen LogP contribution in [0.25, 0.3) is 22.4 Å². The van der Waals surface area contributed by atoms with E-state index in [0.717, 1.165) is 16.9 Å². The molecule has 6 heterocycles. The number of likely N-dealkylation sites (tertiary alicyclic amines) is 1. The molecule has 3 N–H and O–H groups in total. The first-order chi connectivity index (χ1) is 14.7. The van der Waals surface area contributed by atoms with Gasteiger partial charge in [0.2, 0.25) is 5.95 Å². The second kappa shape index (κ2) is 6.61. The zero-order chi connectivity index (χ0) is 20.2. The molecule has 11 heteroatoms. The van der Waals surface area contributed by atoms with Crippen LogP contribution in [0.5, 0.6) is 0 Å². The van der Waals surface area contributed by atoms with Crippen molar-refractivity contribution in [3.8, 4) is 11.3 Å². The molecule has 2 saturated heterocycles. The molecule has 0 spiro atoms. The average molecular weight is 409 g/mol. The van der Waals surface area contributed by atoms with Gasteiger partial charge in [0.05, 0.1) is 37.2 Å². The number of rotatable bonds is 4. The van der Waals surface area contributed by atoms with Crippen LogP contribution < -0.4 is 11.1 Å². The fraction of sp³-hybridized carbons (Fsp3) is 0.368. The Bertz CT molecular complexity index is 1230. The van der Waals surface area contributed by atoms with Gasteiger partial charge in [-0.1, -0.05) is 0 Å². The van der Waals surface area contributed by atoms with Gasteiger partial charge in [-0.25, -0.2) is 18.4 Å². The van der Waals surface area contributed by atoms with Crippen LogP contribution in [-0.2, 0) is 4.74 Å². The van der Waals surface area contributed by atoms with Crippen LogP contribution in [0, 0.1) is 0 Å². The molecule has 0 aliphatic carbocycles. The van der Waals surface area contributed by atoms with E-state index >= 15 is 0 Å². The lowest BCUT2D eigenvalue weighted by molar-refractivity contribution is -0.0585. The lowest BCUT2D eigenvalue weighted by Gasteiger charge is -2.34. The number of hydrogen-bond acceptors (Lipinski definition) is 8. The number of hydrogen-bond donors (Lipinski definition) is 2. The normalized spacial score (nSPS) is 22.7. The highest BCUT2D eigenvalue weighted by molar-refractivity contribution is 5.86. The van der Waals surface area contributed by atoms with Crippen LogP contribution >= 0.6 is 0 Å². The molecule has 0 aromatic carbocycles. The average Bonchev–Trinajstić information content (AvgIpc) is 3.39. The van der Waals surface area contributed by atoms with Gasteiger partial charge in [-0.05, 0) is 12.1 Å². The molecule has 10 nitrogen and oxygen atoms in total. The van der Waals surface area contributed by atoms with Crippen molar-refractivity contribution < 1.29 is 9.13 Å². The summed E-state index contributed by atoms with van der Waals surface area (Å²) in [4.78, 5) is 11.1. The van der Waals surface area contributed by atoms with E-state index in [4.69, 9.17) is 10.5 Å². The Kier molecular flexibility index (Phi) is 3.86. The zero-order valence-corrected chi connectivity index (χ0v) is 16.0. The molecule has 4 aromatic heterocycles. The van der Waals surface area contributed by atoms with Gasteiger partial charge in [0.1, 0.15) is 11.7 Å². The number of alkyl halides is 1. The van der Waals surface area contributed by atoms with E-state index in [-0.39, 0.29) is 6.04 Å². The predicted molar refractivity (Wildman–Crippen MR) is 108 cm³/mol. The number of halogens is 1. The number of nitrogens with one attached hydrogen (secondary N) is 1. The largest absolute Gasteiger partial charge is 0.382 e. The number of nitrogens with zero attached hydrogens (tertiary/aromatic N) is 7. The van der Waals surface area contributed by atoms with Gasteiger partial charge in [0.15, 0.2) is 11.5 Å². The van der Waals surface area contributed by atoms with Crippen LogP contribution in [0.2, 0.25) is 0 Å². The van der Waals surface area contributed by atoms with Gasteiger partial charge in [0, 0.05) is 37.1 Å². The van der Waals surface area contributed by atoms with Crippen LogP contribution in [0.4, 0.5) is 16.2 Å². The van der Waals surface area contributed by atoms with E-state index in [1.807, 2.05) is 24.4 Å². The Morgan fingerprint density at radius 1 is 1.10 bits per heavy atom. The first-order valence-electron chi connectivity index (χ1n) is 9.84. The third kappa shape index (κ3) is 2.77. The van der Waals surface area contributed by atoms with Crippen molar-refractivity contribution in [1.82, 2.24) is 34.1 Å². The molecule has 2 fully saturated rings. The van der Waals surface area contributed by atoms with Crippen molar-refractivity contribution in [2.45, 2.75) is 18.3 Å². The fourth-order valence-corrected chi connectivity index (χ4v) is 4.11. The molecule has 2 atom stereocenters. The Balaban J connectivity index is 1.29. The molecular formula is C19H20FN9O. The predicted octanol–water partition coefficient (Wildman–Crippen LogP) is 0.854. The minimum Gasteiger partial charge on any atom is -0.382 e. The molecular weight excluding hydrogens is 389 g/mol. The van der Waals surface area contributed by atoms with Crippen molar-refractivity contribution in [1.29, 1.82) is 0 Å². The molecule has 30 heavy (non-hydrogen) atoms. The van der Waals surface area contributed by atoms with Crippen molar-refractivity contribution in [3.05, 3.63) is 36.8 Å². The number of anilines is 2. The first kappa shape index (κ1) is 17.5. The molecule has 0 amide bonds. The highest BCUT2D eigenvalue weighted by atomic mass is 19.1. The molecule has 2 aliphatic heterocycles. The second-order valence-electron chi connectivity index (χ2n) is 7.70. The minimum absolute atomic E-state index is 0.302. The third-order valence-corrected chi connectivity index (χ3v) is 5.80. The summed E-state index contributed by atoms with van der Waals surface area (Å²) in [5.74, 6) is 0.612. The number of aromatic nitrogens is 6. The maximum atomic E-state index is 14.5.